The molecule has 1 saturated heterocycles. The molecule has 0 aromatic heterocycles. The van der Waals surface area contributed by atoms with Crippen LogP contribution in [0.25, 0.3) is 0 Å². The van der Waals surface area contributed by atoms with Crippen LogP contribution in [0.5, 0.6) is 0 Å². The van der Waals surface area contributed by atoms with E-state index < -0.39 is 0 Å². The number of hydrogen-bond acceptors (Lipinski definition) is 3. The quantitative estimate of drug-likeness (QED) is 0.661. The monoisotopic (exact) mass is 272 g/mol. The van der Waals surface area contributed by atoms with Crippen molar-refractivity contribution in [1.82, 2.24) is 10.6 Å². The second kappa shape index (κ2) is 6.22. The zero-order chi connectivity index (χ0) is 14.5. The standard InChI is InChI=1S/C15H16N2O3/c1-10-4-5-11(3-2-6-18)7-13(10)15(20)17-12-8-14(19)16-9-12/h4-5,7,12,18H,6,8-9H2,1H3,(H,16,19)(H,17,20). The average molecular weight is 272 g/mol. The maximum Gasteiger partial charge on any atom is 0.251 e. The van der Waals surface area contributed by atoms with E-state index in [1.165, 1.54) is 0 Å². The molecule has 1 fully saturated rings. The molecule has 1 unspecified atom stereocenters. The second-order valence-electron chi connectivity index (χ2n) is 4.67. The lowest BCUT2D eigenvalue weighted by Gasteiger charge is -2.12. The average Bonchev–Trinajstić information content (AvgIpc) is 2.83. The van der Waals surface area contributed by atoms with Gasteiger partial charge in [-0.3, -0.25) is 9.59 Å². The highest BCUT2D eigenvalue weighted by molar-refractivity contribution is 5.96. The molecule has 0 spiro atoms. The van der Waals surface area contributed by atoms with Gasteiger partial charge in [0.05, 0.1) is 6.04 Å². The summed E-state index contributed by atoms with van der Waals surface area (Å²) in [6.07, 6.45) is 0.314. The van der Waals surface area contributed by atoms with Gasteiger partial charge in [-0.05, 0) is 24.6 Å². The lowest BCUT2D eigenvalue weighted by atomic mass is 10.0. The third-order valence-corrected chi connectivity index (χ3v) is 3.11. The first-order chi connectivity index (χ1) is 9.60. The van der Waals surface area contributed by atoms with Gasteiger partial charge in [-0.25, -0.2) is 0 Å². The zero-order valence-electron chi connectivity index (χ0n) is 11.2. The molecule has 1 aromatic carbocycles. The molecule has 1 aliphatic heterocycles. The van der Waals surface area contributed by atoms with Crippen molar-refractivity contribution in [3.63, 3.8) is 0 Å². The van der Waals surface area contributed by atoms with E-state index in [1.54, 1.807) is 12.1 Å². The highest BCUT2D eigenvalue weighted by Gasteiger charge is 2.23. The number of hydrogen-bond donors (Lipinski definition) is 3. The van der Waals surface area contributed by atoms with Gasteiger partial charge in [-0.1, -0.05) is 17.9 Å². The number of aliphatic hydroxyl groups is 1. The molecule has 3 N–H and O–H groups in total. The normalized spacial score (nSPS) is 17.1. The molecule has 5 nitrogen and oxygen atoms in total. The molecule has 0 bridgehead atoms. The van der Waals surface area contributed by atoms with Gasteiger partial charge >= 0.3 is 0 Å². The van der Waals surface area contributed by atoms with E-state index in [4.69, 9.17) is 5.11 Å². The Hall–Kier alpha value is -2.32. The Morgan fingerprint density at radius 1 is 1.55 bits per heavy atom. The number of aryl methyl sites for hydroxylation is 1. The summed E-state index contributed by atoms with van der Waals surface area (Å²) in [6, 6.07) is 5.14. The molecular formula is C15H16N2O3. The van der Waals surface area contributed by atoms with E-state index in [-0.39, 0.29) is 24.5 Å². The van der Waals surface area contributed by atoms with Crippen molar-refractivity contribution in [3.8, 4) is 11.8 Å². The van der Waals surface area contributed by atoms with Crippen LogP contribution in [-0.2, 0) is 4.79 Å². The van der Waals surface area contributed by atoms with Gasteiger partial charge in [0.25, 0.3) is 5.91 Å². The van der Waals surface area contributed by atoms with Crippen molar-refractivity contribution >= 4 is 11.8 Å². The number of rotatable bonds is 2. The molecule has 1 aliphatic rings. The van der Waals surface area contributed by atoms with Crippen LogP contribution in [0.2, 0.25) is 0 Å². The Morgan fingerprint density at radius 2 is 2.35 bits per heavy atom. The summed E-state index contributed by atoms with van der Waals surface area (Å²) < 4.78 is 0. The Balaban J connectivity index is 2.14. The molecule has 1 heterocycles. The highest BCUT2D eigenvalue weighted by Crippen LogP contribution is 2.12. The first kappa shape index (κ1) is 14.1. The van der Waals surface area contributed by atoms with Gasteiger partial charge in [0.2, 0.25) is 5.91 Å². The van der Waals surface area contributed by atoms with E-state index in [0.29, 0.717) is 24.1 Å². The first-order valence-electron chi connectivity index (χ1n) is 6.38. The van der Waals surface area contributed by atoms with Crippen molar-refractivity contribution in [2.45, 2.75) is 19.4 Å². The van der Waals surface area contributed by atoms with Crippen molar-refractivity contribution in [2.24, 2.45) is 0 Å². The number of nitrogens with one attached hydrogen (secondary N) is 2. The Morgan fingerprint density at radius 3 is 3.00 bits per heavy atom. The fraction of sp³-hybridized carbons (Fsp3) is 0.333. The first-order valence-corrected chi connectivity index (χ1v) is 6.38. The van der Waals surface area contributed by atoms with E-state index in [0.717, 1.165) is 5.56 Å². The number of benzene rings is 1. The van der Waals surface area contributed by atoms with Crippen molar-refractivity contribution in [1.29, 1.82) is 0 Å². The third-order valence-electron chi connectivity index (χ3n) is 3.11. The lowest BCUT2D eigenvalue weighted by molar-refractivity contribution is -0.119. The molecule has 1 atom stereocenters. The van der Waals surface area contributed by atoms with Gasteiger partial charge in [0, 0.05) is 24.1 Å². The molecule has 0 radical (unpaired) electrons. The van der Waals surface area contributed by atoms with Gasteiger partial charge in [-0.2, -0.15) is 0 Å². The highest BCUT2D eigenvalue weighted by atomic mass is 16.2. The van der Waals surface area contributed by atoms with Gasteiger partial charge in [0.15, 0.2) is 0 Å². The molecule has 0 aliphatic carbocycles. The van der Waals surface area contributed by atoms with Crippen LogP contribution in [0, 0.1) is 18.8 Å². The molecule has 2 amide bonds. The predicted octanol–water partition coefficient (Wildman–Crippen LogP) is -0.0429. The maximum absolute atomic E-state index is 12.2. The minimum Gasteiger partial charge on any atom is -0.384 e. The molecule has 1 aromatic rings. The second-order valence-corrected chi connectivity index (χ2v) is 4.67. The van der Waals surface area contributed by atoms with Crippen LogP contribution in [0.4, 0.5) is 0 Å². The van der Waals surface area contributed by atoms with E-state index in [9.17, 15) is 9.59 Å². The minimum atomic E-state index is -0.217. The van der Waals surface area contributed by atoms with E-state index >= 15 is 0 Å². The third kappa shape index (κ3) is 3.37. The van der Waals surface area contributed by atoms with E-state index in [2.05, 4.69) is 22.5 Å². The van der Waals surface area contributed by atoms with Gasteiger partial charge in [-0.15, -0.1) is 0 Å². The van der Waals surface area contributed by atoms with Crippen LogP contribution in [0.1, 0.15) is 27.9 Å². The summed E-state index contributed by atoms with van der Waals surface area (Å²) in [6.45, 7) is 2.09. The van der Waals surface area contributed by atoms with Crippen molar-refractivity contribution in [3.05, 3.63) is 34.9 Å². The summed E-state index contributed by atoms with van der Waals surface area (Å²) in [5.74, 6) is 5.06. The summed E-state index contributed by atoms with van der Waals surface area (Å²) in [7, 11) is 0. The number of aliphatic hydroxyl groups excluding tert-OH is 1. The van der Waals surface area contributed by atoms with Gasteiger partial charge < -0.3 is 15.7 Å². The molecule has 20 heavy (non-hydrogen) atoms. The lowest BCUT2D eigenvalue weighted by Crippen LogP contribution is -2.36. The largest absolute Gasteiger partial charge is 0.384 e. The zero-order valence-corrected chi connectivity index (χ0v) is 11.2. The minimum absolute atomic E-state index is 0.0467. The number of carbonyl (C=O) groups excluding carboxylic acids is 2. The molecule has 2 rings (SSSR count). The Bertz CT molecular complexity index is 599. The van der Waals surface area contributed by atoms with Crippen LogP contribution in [0.15, 0.2) is 18.2 Å². The molecular weight excluding hydrogens is 256 g/mol. The summed E-state index contributed by atoms with van der Waals surface area (Å²) >= 11 is 0. The molecule has 5 heteroatoms. The SMILES string of the molecule is Cc1ccc(C#CCO)cc1C(=O)NC1CNC(=O)C1. The van der Waals surface area contributed by atoms with Crippen LogP contribution < -0.4 is 10.6 Å². The van der Waals surface area contributed by atoms with E-state index in [1.807, 2.05) is 13.0 Å². The maximum atomic E-state index is 12.2. The molecule has 0 saturated carbocycles. The van der Waals surface area contributed by atoms with Crippen LogP contribution in [-0.4, -0.2) is 36.1 Å². The number of amides is 2. The molecule has 104 valence electrons. The van der Waals surface area contributed by atoms with Crippen molar-refractivity contribution in [2.75, 3.05) is 13.2 Å². The predicted molar refractivity (Wildman–Crippen MR) is 74.0 cm³/mol. The van der Waals surface area contributed by atoms with Crippen molar-refractivity contribution < 1.29 is 14.7 Å². The Kier molecular flexibility index (Phi) is 4.38. The van der Waals surface area contributed by atoms with Crippen LogP contribution >= 0.6 is 0 Å². The smallest absolute Gasteiger partial charge is 0.251 e. The Labute approximate surface area is 117 Å². The summed E-state index contributed by atoms with van der Waals surface area (Å²) in [5, 5.41) is 14.2. The number of carbonyl (C=O) groups is 2. The summed E-state index contributed by atoms with van der Waals surface area (Å²) in [5.41, 5.74) is 2.05. The fourth-order valence-electron chi connectivity index (χ4n) is 2.06. The van der Waals surface area contributed by atoms with Gasteiger partial charge in [0.1, 0.15) is 6.61 Å². The summed E-state index contributed by atoms with van der Waals surface area (Å²) in [4.78, 5) is 23.3. The fourth-order valence-corrected chi connectivity index (χ4v) is 2.06. The topological polar surface area (TPSA) is 78.4 Å². The van der Waals surface area contributed by atoms with Crippen LogP contribution in [0.3, 0.4) is 0 Å².